The van der Waals surface area contributed by atoms with Crippen molar-refractivity contribution in [1.82, 2.24) is 22.1 Å². The summed E-state index contributed by atoms with van der Waals surface area (Å²) >= 11 is 0. The van der Waals surface area contributed by atoms with E-state index < -0.39 is 20.4 Å². The van der Waals surface area contributed by atoms with E-state index in [9.17, 15) is 16.8 Å². The maximum atomic E-state index is 13.9. The van der Waals surface area contributed by atoms with Crippen LogP contribution in [0.25, 0.3) is 0 Å². The molecule has 4 fully saturated rings. The van der Waals surface area contributed by atoms with Crippen molar-refractivity contribution in [3.8, 4) is 0 Å². The van der Waals surface area contributed by atoms with Gasteiger partial charge in [0.1, 0.15) is 0 Å². The molecule has 1 spiro atoms. The molecule has 0 N–H and O–H groups in total. The Kier molecular flexibility index (Phi) is 9.68. The minimum Gasteiger partial charge on any atom is -0.299 e. The summed E-state index contributed by atoms with van der Waals surface area (Å²) in [6, 6.07) is 10.3. The molecule has 3 aliphatic heterocycles. The molecule has 3 saturated heterocycles. The quantitative estimate of drug-likeness (QED) is 0.516. The number of nitrogens with zero attached hydrogens (tertiary/aromatic N) is 5. The van der Waals surface area contributed by atoms with E-state index in [2.05, 4.69) is 17.0 Å². The lowest BCUT2D eigenvalue weighted by Crippen LogP contribution is -2.52. The molecule has 11 heteroatoms. The summed E-state index contributed by atoms with van der Waals surface area (Å²) in [7, 11) is -7.17. The summed E-state index contributed by atoms with van der Waals surface area (Å²) in [4.78, 5) is 2.36. The van der Waals surface area contributed by atoms with Crippen molar-refractivity contribution in [2.24, 2.45) is 5.41 Å². The first-order chi connectivity index (χ1) is 18.8. The lowest BCUT2D eigenvalue weighted by Gasteiger charge is -2.38. The lowest BCUT2D eigenvalue weighted by atomic mass is 10.1. The maximum Gasteiger partial charge on any atom is 0.281 e. The van der Waals surface area contributed by atoms with Crippen molar-refractivity contribution in [2.45, 2.75) is 70.8 Å². The lowest BCUT2D eigenvalue weighted by molar-refractivity contribution is 0.196. The topological polar surface area (TPSA) is 84.5 Å². The van der Waals surface area contributed by atoms with Gasteiger partial charge < -0.3 is 0 Å². The van der Waals surface area contributed by atoms with Gasteiger partial charge in [-0.2, -0.15) is 34.1 Å². The largest absolute Gasteiger partial charge is 0.299 e. The highest BCUT2D eigenvalue weighted by Crippen LogP contribution is 2.48. The Balaban J connectivity index is 1.39. The van der Waals surface area contributed by atoms with E-state index in [1.54, 1.807) is 17.2 Å². The molecule has 1 aromatic carbocycles. The van der Waals surface area contributed by atoms with E-state index >= 15 is 0 Å². The molecule has 1 aromatic rings. The first-order valence-electron chi connectivity index (χ1n) is 15.1. The van der Waals surface area contributed by atoms with Gasteiger partial charge in [0.05, 0.1) is 0 Å². The molecule has 0 atom stereocenters. The van der Waals surface area contributed by atoms with Gasteiger partial charge in [0.15, 0.2) is 0 Å². The molecule has 3 heterocycles. The molecule has 220 valence electrons. The molecule has 0 aromatic heterocycles. The Bertz CT molecular complexity index is 1070. The molecular weight excluding hydrogens is 534 g/mol. The Hall–Kier alpha value is -1.08. The van der Waals surface area contributed by atoms with Gasteiger partial charge in [-0.15, -0.1) is 0 Å². The zero-order valence-electron chi connectivity index (χ0n) is 23.4. The third-order valence-electron chi connectivity index (χ3n) is 8.93. The van der Waals surface area contributed by atoms with E-state index in [1.165, 1.54) is 5.56 Å². The number of piperidine rings is 2. The second-order valence-corrected chi connectivity index (χ2v) is 15.9. The summed E-state index contributed by atoms with van der Waals surface area (Å²) in [5.41, 5.74) is 0.936. The fourth-order valence-corrected chi connectivity index (χ4v) is 10.1. The van der Waals surface area contributed by atoms with E-state index in [1.807, 2.05) is 18.2 Å². The number of hydrogen-bond donors (Lipinski definition) is 0. The third kappa shape index (κ3) is 7.42. The van der Waals surface area contributed by atoms with Crippen molar-refractivity contribution < 1.29 is 16.8 Å². The summed E-state index contributed by atoms with van der Waals surface area (Å²) < 4.78 is 62.2. The van der Waals surface area contributed by atoms with Crippen LogP contribution in [0.4, 0.5) is 0 Å². The zero-order valence-corrected chi connectivity index (χ0v) is 25.1. The third-order valence-corrected chi connectivity index (χ3v) is 12.9. The monoisotopic (exact) mass is 581 g/mol. The van der Waals surface area contributed by atoms with Crippen LogP contribution in [0.1, 0.15) is 69.8 Å². The highest BCUT2D eigenvalue weighted by molar-refractivity contribution is 7.87. The predicted octanol–water partition coefficient (Wildman–Crippen LogP) is 3.13. The fraction of sp³-hybridized carbons (Fsp3) is 0.786. The standard InChI is InChI=1S/C28H47N5O4S2/c34-38(35,30-18-6-2-7-19-30)32-22-10-16-29(24-27-12-4-1-5-13-27)17-11-23-33(26-28(25-32)14-15-28)39(36,37)31-20-8-3-9-21-31/h1,4-5,12-13H,2-3,6-11,14-26H2. The second kappa shape index (κ2) is 12.8. The van der Waals surface area contributed by atoms with Crippen LogP contribution in [0.15, 0.2) is 30.3 Å². The number of rotatable bonds is 6. The molecule has 0 radical (unpaired) electrons. The zero-order chi connectivity index (χ0) is 27.3. The summed E-state index contributed by atoms with van der Waals surface area (Å²) in [5.74, 6) is 0. The van der Waals surface area contributed by atoms with Crippen LogP contribution < -0.4 is 0 Å². The highest BCUT2D eigenvalue weighted by Gasteiger charge is 2.50. The smallest absolute Gasteiger partial charge is 0.281 e. The molecule has 9 nitrogen and oxygen atoms in total. The van der Waals surface area contributed by atoms with E-state index in [4.69, 9.17) is 0 Å². The van der Waals surface area contributed by atoms with Crippen LogP contribution in [0.3, 0.4) is 0 Å². The van der Waals surface area contributed by atoms with Crippen molar-refractivity contribution in [3.05, 3.63) is 35.9 Å². The molecule has 1 saturated carbocycles. The number of benzene rings is 1. The van der Waals surface area contributed by atoms with Crippen LogP contribution in [0, 0.1) is 5.41 Å². The van der Waals surface area contributed by atoms with Gasteiger partial charge in [-0.25, -0.2) is 0 Å². The summed E-state index contributed by atoms with van der Waals surface area (Å²) in [5, 5.41) is 0. The van der Waals surface area contributed by atoms with E-state index in [0.717, 1.165) is 83.8 Å². The Morgan fingerprint density at radius 3 is 1.41 bits per heavy atom. The summed E-state index contributed by atoms with van der Waals surface area (Å²) in [6.07, 6.45) is 9.08. The van der Waals surface area contributed by atoms with Gasteiger partial charge in [0.2, 0.25) is 0 Å². The Morgan fingerprint density at radius 2 is 0.974 bits per heavy atom. The average Bonchev–Trinajstić information content (AvgIpc) is 3.71. The Morgan fingerprint density at radius 1 is 0.538 bits per heavy atom. The van der Waals surface area contributed by atoms with Gasteiger partial charge in [0.25, 0.3) is 20.4 Å². The first-order valence-corrected chi connectivity index (χ1v) is 17.8. The molecule has 39 heavy (non-hydrogen) atoms. The molecule has 0 unspecified atom stereocenters. The van der Waals surface area contributed by atoms with Crippen LogP contribution in [-0.2, 0) is 27.0 Å². The molecule has 0 amide bonds. The van der Waals surface area contributed by atoms with Crippen LogP contribution in [0.2, 0.25) is 0 Å². The van der Waals surface area contributed by atoms with Crippen LogP contribution >= 0.6 is 0 Å². The average molecular weight is 582 g/mol. The molecular formula is C28H47N5O4S2. The SMILES string of the molecule is O=S(=O)(N1CCCCC1)N1CCCN(Cc2ccccc2)CCCN(S(=O)(=O)N2CCCCC2)CC2(CC2)C1. The normalized spacial score (nSPS) is 26.2. The van der Waals surface area contributed by atoms with Crippen LogP contribution in [0.5, 0.6) is 0 Å². The van der Waals surface area contributed by atoms with Gasteiger partial charge in [0, 0.05) is 58.9 Å². The van der Waals surface area contributed by atoms with Gasteiger partial charge in [-0.1, -0.05) is 43.2 Å². The van der Waals surface area contributed by atoms with Crippen molar-refractivity contribution in [2.75, 3.05) is 65.4 Å². The molecule has 4 aliphatic rings. The maximum absolute atomic E-state index is 13.9. The van der Waals surface area contributed by atoms with Gasteiger partial charge >= 0.3 is 0 Å². The highest BCUT2D eigenvalue weighted by atomic mass is 32.2. The fourth-order valence-electron chi connectivity index (χ4n) is 6.41. The molecule has 5 rings (SSSR count). The Labute approximate surface area is 236 Å². The molecule has 0 bridgehead atoms. The van der Waals surface area contributed by atoms with Crippen LogP contribution in [-0.4, -0.2) is 104 Å². The minimum absolute atomic E-state index is 0.283. The van der Waals surface area contributed by atoms with Crippen molar-refractivity contribution in [1.29, 1.82) is 0 Å². The minimum atomic E-state index is -3.58. The molecule has 1 aliphatic carbocycles. The van der Waals surface area contributed by atoms with Crippen molar-refractivity contribution in [3.63, 3.8) is 0 Å². The van der Waals surface area contributed by atoms with Gasteiger partial charge in [-0.3, -0.25) is 4.90 Å². The predicted molar refractivity (Wildman–Crippen MR) is 154 cm³/mol. The summed E-state index contributed by atoms with van der Waals surface area (Å²) in [6.45, 7) is 6.47. The second-order valence-electron chi connectivity index (χ2n) is 12.1. The van der Waals surface area contributed by atoms with E-state index in [0.29, 0.717) is 52.4 Å². The van der Waals surface area contributed by atoms with Crippen molar-refractivity contribution >= 4 is 20.4 Å². The first kappa shape index (κ1) is 29.4. The number of hydrogen-bond acceptors (Lipinski definition) is 5. The van der Waals surface area contributed by atoms with E-state index in [-0.39, 0.29) is 5.41 Å². The van der Waals surface area contributed by atoms with Gasteiger partial charge in [-0.05, 0) is 75.4 Å².